The van der Waals surface area contributed by atoms with Gasteiger partial charge >= 0.3 is 0 Å². The van der Waals surface area contributed by atoms with Gasteiger partial charge in [0.25, 0.3) is 11.1 Å². The average Bonchev–Trinajstić information content (AvgIpc) is 2.82. The Morgan fingerprint density at radius 3 is 2.61 bits per heavy atom. The quantitative estimate of drug-likeness (QED) is 0.278. The monoisotopic (exact) mass is 463 g/mol. The Balaban J connectivity index is 1.63. The normalized spacial score (nSPS) is 11.6. The number of pyridine rings is 1. The summed E-state index contributed by atoms with van der Waals surface area (Å²) in [7, 11) is 0. The maximum absolute atomic E-state index is 13.3. The molecule has 0 aliphatic rings. The van der Waals surface area contributed by atoms with Crippen molar-refractivity contribution in [1.82, 2.24) is 23.8 Å². The predicted molar refractivity (Wildman–Crippen MR) is 134 cm³/mol. The van der Waals surface area contributed by atoms with E-state index in [0.29, 0.717) is 39.7 Å². The van der Waals surface area contributed by atoms with Crippen LogP contribution in [0.3, 0.4) is 0 Å². The second-order valence-corrected chi connectivity index (χ2v) is 9.00. The fourth-order valence-electron chi connectivity index (χ4n) is 3.92. The maximum atomic E-state index is 13.3. The molecular weight excluding hydrogens is 434 g/mol. The lowest BCUT2D eigenvalue weighted by atomic mass is 10.2. The first-order chi connectivity index (χ1) is 16.0. The largest absolute Gasteiger partial charge is 0.304 e. The summed E-state index contributed by atoms with van der Waals surface area (Å²) in [6.07, 6.45) is 2.66. The van der Waals surface area contributed by atoms with Crippen LogP contribution >= 0.6 is 11.8 Å². The Morgan fingerprint density at radius 1 is 1.03 bits per heavy atom. The van der Waals surface area contributed by atoms with Gasteiger partial charge in [0.2, 0.25) is 0 Å². The molecule has 0 amide bonds. The summed E-state index contributed by atoms with van der Waals surface area (Å²) in [6.45, 7) is 9.75. The Hall–Kier alpha value is -2.97. The minimum atomic E-state index is -0.109. The van der Waals surface area contributed by atoms with E-state index in [9.17, 15) is 9.59 Å². The molecular formula is C25H29N5O2S. The highest BCUT2D eigenvalue weighted by Crippen LogP contribution is 2.21. The SMILES string of the molecule is CCN(CC)CCCn1c(SCc2cc(=O)n3cc(C)ccc3n2)nc2ccccc2c1=O. The van der Waals surface area contributed by atoms with Crippen LogP contribution < -0.4 is 11.1 Å². The highest BCUT2D eigenvalue weighted by molar-refractivity contribution is 7.98. The van der Waals surface area contributed by atoms with E-state index < -0.39 is 0 Å². The van der Waals surface area contributed by atoms with Gasteiger partial charge in [0.1, 0.15) is 5.65 Å². The van der Waals surface area contributed by atoms with E-state index >= 15 is 0 Å². The minimum absolute atomic E-state index is 0.0235. The minimum Gasteiger partial charge on any atom is -0.304 e. The van der Waals surface area contributed by atoms with Crippen molar-refractivity contribution < 1.29 is 0 Å². The van der Waals surface area contributed by atoms with Gasteiger partial charge in [-0.05, 0) is 56.7 Å². The summed E-state index contributed by atoms with van der Waals surface area (Å²) in [5, 5.41) is 1.28. The summed E-state index contributed by atoms with van der Waals surface area (Å²) in [5.41, 5.74) is 2.85. The Kier molecular flexibility index (Phi) is 7.25. The Bertz CT molecular complexity index is 1390. The van der Waals surface area contributed by atoms with Crippen molar-refractivity contribution >= 4 is 28.3 Å². The molecule has 0 atom stereocenters. The van der Waals surface area contributed by atoms with Crippen LogP contribution in [0.4, 0.5) is 0 Å². The van der Waals surface area contributed by atoms with Crippen LogP contribution in [0.1, 0.15) is 31.5 Å². The van der Waals surface area contributed by atoms with E-state index in [1.165, 1.54) is 11.8 Å². The van der Waals surface area contributed by atoms with Crippen LogP contribution in [0.15, 0.2) is 63.4 Å². The summed E-state index contributed by atoms with van der Waals surface area (Å²) in [5.74, 6) is 0.459. The van der Waals surface area contributed by atoms with Crippen molar-refractivity contribution in [3.63, 3.8) is 0 Å². The molecule has 4 aromatic rings. The van der Waals surface area contributed by atoms with E-state index in [1.807, 2.05) is 43.3 Å². The van der Waals surface area contributed by atoms with Crippen LogP contribution in [-0.4, -0.2) is 43.5 Å². The smallest absolute Gasteiger partial charge is 0.262 e. The van der Waals surface area contributed by atoms with Crippen LogP contribution in [0, 0.1) is 6.92 Å². The fourth-order valence-corrected chi connectivity index (χ4v) is 4.84. The Labute approximate surface area is 197 Å². The van der Waals surface area contributed by atoms with Crippen LogP contribution in [0.2, 0.25) is 0 Å². The molecule has 0 saturated carbocycles. The van der Waals surface area contributed by atoms with Gasteiger partial charge in [-0.3, -0.25) is 18.6 Å². The van der Waals surface area contributed by atoms with Gasteiger partial charge in [0.15, 0.2) is 5.16 Å². The first-order valence-corrected chi connectivity index (χ1v) is 12.3. The molecule has 0 saturated heterocycles. The molecule has 8 heteroatoms. The van der Waals surface area contributed by atoms with Crippen LogP contribution in [-0.2, 0) is 12.3 Å². The van der Waals surface area contributed by atoms with Gasteiger partial charge in [0.05, 0.1) is 16.6 Å². The first kappa shape index (κ1) is 23.2. The first-order valence-electron chi connectivity index (χ1n) is 11.3. The van der Waals surface area contributed by atoms with E-state index in [4.69, 9.17) is 4.98 Å². The van der Waals surface area contributed by atoms with Gasteiger partial charge in [-0.2, -0.15) is 0 Å². The van der Waals surface area contributed by atoms with Crippen molar-refractivity contribution in [2.24, 2.45) is 0 Å². The van der Waals surface area contributed by atoms with E-state index in [2.05, 4.69) is 23.7 Å². The van der Waals surface area contributed by atoms with Crippen molar-refractivity contribution in [1.29, 1.82) is 0 Å². The molecule has 0 bridgehead atoms. The van der Waals surface area contributed by atoms with Gasteiger partial charge < -0.3 is 4.90 Å². The van der Waals surface area contributed by atoms with Crippen molar-refractivity contribution in [3.8, 4) is 0 Å². The third-order valence-electron chi connectivity index (χ3n) is 5.79. The topological polar surface area (TPSA) is 72.5 Å². The van der Waals surface area contributed by atoms with E-state index in [-0.39, 0.29) is 11.1 Å². The molecule has 0 N–H and O–H groups in total. The number of hydrogen-bond donors (Lipinski definition) is 0. The summed E-state index contributed by atoms with van der Waals surface area (Å²) >= 11 is 1.45. The number of hydrogen-bond acceptors (Lipinski definition) is 6. The zero-order valence-electron chi connectivity index (χ0n) is 19.3. The molecule has 0 aliphatic carbocycles. The fraction of sp³-hybridized carbons (Fsp3) is 0.360. The molecule has 0 spiro atoms. The van der Waals surface area contributed by atoms with Gasteiger partial charge in [-0.1, -0.05) is 43.8 Å². The van der Waals surface area contributed by atoms with E-state index in [1.54, 1.807) is 21.2 Å². The third kappa shape index (κ3) is 5.17. The molecule has 3 aromatic heterocycles. The molecule has 1 aromatic carbocycles. The van der Waals surface area contributed by atoms with Crippen molar-refractivity contribution in [3.05, 3.63) is 80.6 Å². The Morgan fingerprint density at radius 2 is 1.82 bits per heavy atom. The number of benzene rings is 1. The summed E-state index contributed by atoms with van der Waals surface area (Å²) < 4.78 is 3.33. The highest BCUT2D eigenvalue weighted by Gasteiger charge is 2.13. The lowest BCUT2D eigenvalue weighted by molar-refractivity contribution is 0.290. The molecule has 0 aliphatic heterocycles. The lowest BCUT2D eigenvalue weighted by Gasteiger charge is -2.19. The van der Waals surface area contributed by atoms with Crippen molar-refractivity contribution in [2.45, 2.75) is 44.6 Å². The highest BCUT2D eigenvalue weighted by atomic mass is 32.2. The van der Waals surface area contributed by atoms with E-state index in [0.717, 1.165) is 31.6 Å². The molecule has 33 heavy (non-hydrogen) atoms. The summed E-state index contributed by atoms with van der Waals surface area (Å²) in [6, 6.07) is 12.8. The van der Waals surface area contributed by atoms with Gasteiger partial charge in [0, 0.05) is 24.6 Å². The standard InChI is InChI=1S/C25H29N5O2S/c1-4-28(5-2)13-8-14-29-24(32)20-9-6-7-10-21(20)27-25(29)33-17-19-15-23(31)30-16-18(3)11-12-22(30)26-19/h6-7,9-12,15-16H,4-5,8,13-14,17H2,1-3H3. The number of fused-ring (bicyclic) bond motifs is 2. The lowest BCUT2D eigenvalue weighted by Crippen LogP contribution is -2.28. The maximum Gasteiger partial charge on any atom is 0.262 e. The number of para-hydroxylation sites is 1. The second kappa shape index (κ2) is 10.3. The average molecular weight is 464 g/mol. The number of aromatic nitrogens is 4. The van der Waals surface area contributed by atoms with Crippen LogP contribution in [0.25, 0.3) is 16.6 Å². The van der Waals surface area contributed by atoms with Gasteiger partial charge in [-0.15, -0.1) is 0 Å². The summed E-state index contributed by atoms with van der Waals surface area (Å²) in [4.78, 5) is 37.6. The molecule has 7 nitrogen and oxygen atoms in total. The number of thioether (sulfide) groups is 1. The van der Waals surface area contributed by atoms with Crippen molar-refractivity contribution in [2.75, 3.05) is 19.6 Å². The molecule has 172 valence electrons. The number of aryl methyl sites for hydroxylation is 1. The molecule has 4 rings (SSSR count). The molecule has 0 unspecified atom stereocenters. The zero-order valence-corrected chi connectivity index (χ0v) is 20.1. The molecule has 0 fully saturated rings. The number of nitrogens with zero attached hydrogens (tertiary/aromatic N) is 5. The number of rotatable bonds is 9. The zero-order chi connectivity index (χ0) is 23.4. The predicted octanol–water partition coefficient (Wildman–Crippen LogP) is 3.74. The second-order valence-electron chi connectivity index (χ2n) is 8.06. The molecule has 3 heterocycles. The molecule has 0 radical (unpaired) electrons. The third-order valence-corrected chi connectivity index (χ3v) is 6.80. The van der Waals surface area contributed by atoms with Gasteiger partial charge in [-0.25, -0.2) is 9.97 Å². The van der Waals surface area contributed by atoms with Crippen LogP contribution in [0.5, 0.6) is 0 Å².